The molecule has 2 aromatic heterocycles. The van der Waals surface area contributed by atoms with Crippen LogP contribution in [-0.4, -0.2) is 33.6 Å². The number of para-hydroxylation sites is 1. The zero-order valence-electron chi connectivity index (χ0n) is 18.1. The fraction of sp³-hybridized carbons (Fsp3) is 0.480. The molecule has 0 spiro atoms. The largest absolute Gasteiger partial charge is 0.361 e. The number of benzene rings is 1. The number of aromatic nitrogens is 2. The molecule has 0 atom stereocenters. The fourth-order valence-corrected chi connectivity index (χ4v) is 5.20. The van der Waals surface area contributed by atoms with Gasteiger partial charge in [0.05, 0.1) is 11.2 Å². The molecule has 1 aromatic carbocycles. The number of likely N-dealkylation sites (tertiary alicyclic amines) is 1. The fourth-order valence-electron chi connectivity index (χ4n) is 5.20. The van der Waals surface area contributed by atoms with E-state index in [9.17, 15) is 9.59 Å². The van der Waals surface area contributed by atoms with E-state index in [2.05, 4.69) is 5.16 Å². The molecule has 5 rings (SSSR count). The summed E-state index contributed by atoms with van der Waals surface area (Å²) in [5.74, 6) is 1.40. The zero-order valence-corrected chi connectivity index (χ0v) is 18.1. The first-order chi connectivity index (χ1) is 15.1. The lowest BCUT2D eigenvalue weighted by Crippen LogP contribution is -2.41. The minimum Gasteiger partial charge on any atom is -0.361 e. The summed E-state index contributed by atoms with van der Waals surface area (Å²) in [4.78, 5) is 27.6. The molecule has 1 aliphatic heterocycles. The third-order valence-corrected chi connectivity index (χ3v) is 6.98. The predicted molar refractivity (Wildman–Crippen MR) is 119 cm³/mol. The third kappa shape index (κ3) is 3.80. The van der Waals surface area contributed by atoms with Gasteiger partial charge in [-0.05, 0) is 57.1 Å². The van der Waals surface area contributed by atoms with Crippen LogP contribution in [-0.2, 0) is 24.2 Å². The van der Waals surface area contributed by atoms with Gasteiger partial charge in [0, 0.05) is 36.0 Å². The number of nitrogens with zero attached hydrogens (tertiary/aromatic N) is 3. The molecule has 3 aromatic rings. The maximum atomic E-state index is 13.1. The van der Waals surface area contributed by atoms with Crippen molar-refractivity contribution < 1.29 is 9.32 Å². The molecular formula is C25H29N3O3. The molecule has 1 aliphatic carbocycles. The second-order valence-corrected chi connectivity index (χ2v) is 8.96. The number of pyridine rings is 1. The van der Waals surface area contributed by atoms with Gasteiger partial charge in [-0.25, -0.2) is 0 Å². The van der Waals surface area contributed by atoms with Crippen molar-refractivity contribution >= 4 is 16.8 Å². The van der Waals surface area contributed by atoms with Gasteiger partial charge >= 0.3 is 0 Å². The van der Waals surface area contributed by atoms with Crippen LogP contribution in [0.2, 0.25) is 0 Å². The van der Waals surface area contributed by atoms with Gasteiger partial charge in [-0.2, -0.15) is 0 Å². The van der Waals surface area contributed by atoms with Gasteiger partial charge in [0.25, 0.3) is 5.56 Å². The molecule has 31 heavy (non-hydrogen) atoms. The number of fused-ring (bicyclic) bond motifs is 2. The topological polar surface area (TPSA) is 68.3 Å². The monoisotopic (exact) mass is 419 g/mol. The lowest BCUT2D eigenvalue weighted by molar-refractivity contribution is -0.132. The minimum atomic E-state index is -0.121. The zero-order chi connectivity index (χ0) is 21.4. The first-order valence-electron chi connectivity index (χ1n) is 11.5. The van der Waals surface area contributed by atoms with Crippen molar-refractivity contribution in [2.45, 2.75) is 64.3 Å². The van der Waals surface area contributed by atoms with E-state index >= 15 is 0 Å². The highest BCUT2D eigenvalue weighted by molar-refractivity contribution is 5.84. The van der Waals surface area contributed by atoms with Gasteiger partial charge in [0.1, 0.15) is 12.3 Å². The average Bonchev–Trinajstić information content (AvgIpc) is 3.04. The van der Waals surface area contributed by atoms with Crippen LogP contribution in [0.25, 0.3) is 10.9 Å². The maximum absolute atomic E-state index is 13.1. The second-order valence-electron chi connectivity index (χ2n) is 8.96. The number of carbonyl (C=O) groups is 1. The first-order valence-corrected chi connectivity index (χ1v) is 11.5. The number of hydrogen-bond donors (Lipinski definition) is 0. The molecule has 162 valence electrons. The highest BCUT2D eigenvalue weighted by Gasteiger charge is 2.30. The quantitative estimate of drug-likeness (QED) is 0.603. The molecule has 1 amide bonds. The van der Waals surface area contributed by atoms with Gasteiger partial charge in [-0.15, -0.1) is 0 Å². The summed E-state index contributed by atoms with van der Waals surface area (Å²) in [6.45, 7) is 3.40. The number of rotatable bonds is 3. The summed E-state index contributed by atoms with van der Waals surface area (Å²) in [5.41, 5.74) is 4.12. The van der Waals surface area contributed by atoms with Crippen LogP contribution >= 0.6 is 0 Å². The molecule has 0 N–H and O–H groups in total. The lowest BCUT2D eigenvalue weighted by Gasteiger charge is -2.31. The Morgan fingerprint density at radius 2 is 1.90 bits per heavy atom. The van der Waals surface area contributed by atoms with Crippen LogP contribution < -0.4 is 5.56 Å². The van der Waals surface area contributed by atoms with E-state index in [0.717, 1.165) is 53.6 Å². The Balaban J connectivity index is 1.29. The summed E-state index contributed by atoms with van der Waals surface area (Å²) in [6, 6.07) is 9.40. The number of hydrogen-bond acceptors (Lipinski definition) is 4. The van der Waals surface area contributed by atoms with E-state index < -0.39 is 0 Å². The smallest absolute Gasteiger partial charge is 0.251 e. The van der Waals surface area contributed by atoms with Crippen molar-refractivity contribution in [2.24, 2.45) is 0 Å². The summed E-state index contributed by atoms with van der Waals surface area (Å²) >= 11 is 0. The van der Waals surface area contributed by atoms with Crippen molar-refractivity contribution in [3.8, 4) is 0 Å². The Kier molecular flexibility index (Phi) is 5.38. The summed E-state index contributed by atoms with van der Waals surface area (Å²) < 4.78 is 7.38. The van der Waals surface area contributed by atoms with E-state index in [-0.39, 0.29) is 18.0 Å². The van der Waals surface area contributed by atoms with Crippen molar-refractivity contribution in [3.63, 3.8) is 0 Å². The third-order valence-electron chi connectivity index (χ3n) is 6.98. The SMILES string of the molecule is Cc1cc(=O)n(CC(=O)N2CCC(c3onc4c3CCCCC4)CC2)c2ccccc12. The predicted octanol–water partition coefficient (Wildman–Crippen LogP) is 3.97. The van der Waals surface area contributed by atoms with Gasteiger partial charge in [0.2, 0.25) is 5.91 Å². The summed E-state index contributed by atoms with van der Waals surface area (Å²) in [5, 5.41) is 5.37. The van der Waals surface area contributed by atoms with Crippen LogP contribution in [0.4, 0.5) is 0 Å². The molecule has 0 saturated carbocycles. The summed E-state index contributed by atoms with van der Waals surface area (Å²) in [7, 11) is 0. The summed E-state index contributed by atoms with van der Waals surface area (Å²) in [6.07, 6.45) is 7.52. The van der Waals surface area contributed by atoms with Crippen molar-refractivity contribution in [3.05, 3.63) is 63.3 Å². The second kappa shape index (κ2) is 8.33. The number of aryl methyl sites for hydroxylation is 2. The van der Waals surface area contributed by atoms with Crippen LogP contribution in [0, 0.1) is 6.92 Å². The Bertz CT molecular complexity index is 1170. The van der Waals surface area contributed by atoms with Gasteiger partial charge < -0.3 is 9.42 Å². The average molecular weight is 420 g/mol. The van der Waals surface area contributed by atoms with Crippen molar-refractivity contribution in [1.29, 1.82) is 0 Å². The highest BCUT2D eigenvalue weighted by atomic mass is 16.5. The molecule has 6 heteroatoms. The Morgan fingerprint density at radius 1 is 1.13 bits per heavy atom. The molecule has 0 bridgehead atoms. The Morgan fingerprint density at radius 3 is 2.74 bits per heavy atom. The Hall–Kier alpha value is -2.89. The molecule has 0 radical (unpaired) electrons. The number of amides is 1. The van der Waals surface area contributed by atoms with E-state index in [4.69, 9.17) is 4.52 Å². The van der Waals surface area contributed by atoms with Crippen LogP contribution in [0.1, 0.15) is 60.6 Å². The number of piperidine rings is 1. The van der Waals surface area contributed by atoms with Gasteiger partial charge in [0.15, 0.2) is 0 Å². The van der Waals surface area contributed by atoms with Crippen LogP contribution in [0.15, 0.2) is 39.6 Å². The van der Waals surface area contributed by atoms with Gasteiger partial charge in [-0.1, -0.05) is 29.8 Å². The van der Waals surface area contributed by atoms with E-state index in [1.165, 1.54) is 24.8 Å². The molecule has 6 nitrogen and oxygen atoms in total. The molecule has 1 fully saturated rings. The molecule has 1 saturated heterocycles. The molecule has 0 unspecified atom stereocenters. The van der Waals surface area contributed by atoms with Crippen LogP contribution in [0.5, 0.6) is 0 Å². The van der Waals surface area contributed by atoms with E-state index in [1.54, 1.807) is 10.6 Å². The normalized spacial score (nSPS) is 17.5. The Labute approximate surface area is 181 Å². The van der Waals surface area contributed by atoms with Crippen LogP contribution in [0.3, 0.4) is 0 Å². The minimum absolute atomic E-state index is 0.00551. The maximum Gasteiger partial charge on any atom is 0.251 e. The molecule has 2 aliphatic rings. The molecule has 3 heterocycles. The number of carbonyl (C=O) groups excluding carboxylic acids is 1. The van der Waals surface area contributed by atoms with E-state index in [1.807, 2.05) is 36.1 Å². The standard InChI is InChI=1S/C25H29N3O3/c1-17-15-23(29)28(22-10-6-5-7-19(17)22)16-24(30)27-13-11-18(12-14-27)25-20-8-3-2-4-9-21(20)26-31-25/h5-7,10,15,18H,2-4,8-9,11-14,16H2,1H3. The van der Waals surface area contributed by atoms with E-state index in [0.29, 0.717) is 19.0 Å². The highest BCUT2D eigenvalue weighted by Crippen LogP contribution is 2.34. The van der Waals surface area contributed by atoms with Crippen molar-refractivity contribution in [2.75, 3.05) is 13.1 Å². The van der Waals surface area contributed by atoms with Crippen molar-refractivity contribution in [1.82, 2.24) is 14.6 Å². The van der Waals surface area contributed by atoms with Gasteiger partial charge in [-0.3, -0.25) is 14.2 Å². The lowest BCUT2D eigenvalue weighted by atomic mass is 9.90. The molecular weight excluding hydrogens is 390 g/mol. The first kappa shape index (κ1) is 20.0.